The number of amides is 1. The molecule has 5 nitrogen and oxygen atoms in total. The van der Waals surface area contributed by atoms with Gasteiger partial charge in [-0.25, -0.2) is 4.98 Å². The molecule has 2 aliphatic rings. The lowest BCUT2D eigenvalue weighted by atomic mass is 9.97. The standard InChI is InChI=1S/C18H23N3O2S2/c1-3-21-17(23)14-12-6-4-5-7-13(12)25-16(14)20-18(21)24-10(2)15(22)19-11-8-9-11/h10-11H,3-9H2,1-2H3,(H,19,22)/t10-/m1/s1. The van der Waals surface area contributed by atoms with Crippen LogP contribution in [0.4, 0.5) is 0 Å². The molecule has 0 radical (unpaired) electrons. The van der Waals surface area contributed by atoms with Gasteiger partial charge in [-0.05, 0) is 57.9 Å². The summed E-state index contributed by atoms with van der Waals surface area (Å²) in [5.74, 6) is 0.0370. The molecule has 0 bridgehead atoms. The number of thioether (sulfide) groups is 1. The van der Waals surface area contributed by atoms with Gasteiger partial charge in [-0.15, -0.1) is 11.3 Å². The van der Waals surface area contributed by atoms with E-state index in [1.54, 1.807) is 15.9 Å². The topological polar surface area (TPSA) is 64.0 Å². The highest BCUT2D eigenvalue weighted by Gasteiger charge is 2.27. The number of rotatable bonds is 5. The van der Waals surface area contributed by atoms with Crippen molar-refractivity contribution in [2.45, 2.75) is 75.4 Å². The van der Waals surface area contributed by atoms with Crippen molar-refractivity contribution in [2.75, 3.05) is 0 Å². The van der Waals surface area contributed by atoms with Gasteiger partial charge in [-0.3, -0.25) is 14.2 Å². The fourth-order valence-electron chi connectivity index (χ4n) is 3.35. The number of nitrogens with zero attached hydrogens (tertiary/aromatic N) is 2. The Balaban J connectivity index is 1.70. The van der Waals surface area contributed by atoms with Crippen LogP contribution in [0.15, 0.2) is 9.95 Å². The maximum absolute atomic E-state index is 13.1. The monoisotopic (exact) mass is 377 g/mol. The Labute approximate surface area is 155 Å². The highest BCUT2D eigenvalue weighted by molar-refractivity contribution is 8.00. The Morgan fingerprint density at radius 3 is 2.88 bits per heavy atom. The summed E-state index contributed by atoms with van der Waals surface area (Å²) >= 11 is 3.06. The zero-order valence-corrected chi connectivity index (χ0v) is 16.3. The Morgan fingerprint density at radius 2 is 2.16 bits per heavy atom. The number of aryl methyl sites for hydroxylation is 2. The molecule has 4 rings (SSSR count). The van der Waals surface area contributed by atoms with Crippen molar-refractivity contribution in [2.24, 2.45) is 0 Å². The number of carbonyl (C=O) groups is 1. The van der Waals surface area contributed by atoms with Crippen molar-refractivity contribution in [3.8, 4) is 0 Å². The lowest BCUT2D eigenvalue weighted by Crippen LogP contribution is -2.33. The molecule has 2 aromatic heterocycles. The van der Waals surface area contributed by atoms with Crippen LogP contribution in [0.3, 0.4) is 0 Å². The van der Waals surface area contributed by atoms with Gasteiger partial charge in [0.1, 0.15) is 4.83 Å². The van der Waals surface area contributed by atoms with Gasteiger partial charge in [0.15, 0.2) is 5.16 Å². The lowest BCUT2D eigenvalue weighted by molar-refractivity contribution is -0.120. The van der Waals surface area contributed by atoms with E-state index in [1.165, 1.54) is 28.6 Å². The third-order valence-electron chi connectivity index (χ3n) is 4.93. The van der Waals surface area contributed by atoms with Crippen molar-refractivity contribution >= 4 is 39.2 Å². The van der Waals surface area contributed by atoms with E-state index in [0.717, 1.165) is 42.3 Å². The quantitative estimate of drug-likeness (QED) is 0.642. The van der Waals surface area contributed by atoms with Crippen LogP contribution in [0.5, 0.6) is 0 Å². The Bertz CT molecular complexity index is 883. The van der Waals surface area contributed by atoms with E-state index in [9.17, 15) is 9.59 Å². The van der Waals surface area contributed by atoms with Crippen molar-refractivity contribution in [3.63, 3.8) is 0 Å². The first-order valence-electron chi connectivity index (χ1n) is 9.10. The van der Waals surface area contributed by atoms with Crippen LogP contribution in [-0.4, -0.2) is 26.8 Å². The summed E-state index contributed by atoms with van der Waals surface area (Å²) in [6.07, 6.45) is 6.55. The van der Waals surface area contributed by atoms with Gasteiger partial charge in [0.25, 0.3) is 5.56 Å². The largest absolute Gasteiger partial charge is 0.352 e. The molecule has 1 saturated carbocycles. The molecular weight excluding hydrogens is 354 g/mol. The molecule has 0 spiro atoms. The van der Waals surface area contributed by atoms with Crippen LogP contribution < -0.4 is 10.9 Å². The van der Waals surface area contributed by atoms with Crippen LogP contribution in [0.2, 0.25) is 0 Å². The van der Waals surface area contributed by atoms with Crippen molar-refractivity contribution in [1.82, 2.24) is 14.9 Å². The molecule has 0 saturated heterocycles. The van der Waals surface area contributed by atoms with Gasteiger partial charge in [-0.1, -0.05) is 11.8 Å². The number of nitrogens with one attached hydrogen (secondary N) is 1. The third-order valence-corrected chi connectivity index (χ3v) is 7.21. The Kier molecular flexibility index (Phi) is 4.62. The molecule has 2 aromatic rings. The summed E-state index contributed by atoms with van der Waals surface area (Å²) < 4.78 is 1.73. The minimum atomic E-state index is -0.252. The molecule has 25 heavy (non-hydrogen) atoms. The Hall–Kier alpha value is -1.34. The zero-order chi connectivity index (χ0) is 17.6. The predicted octanol–water partition coefficient (Wildman–Crippen LogP) is 3.12. The van der Waals surface area contributed by atoms with Crippen LogP contribution in [0, 0.1) is 0 Å². The van der Waals surface area contributed by atoms with E-state index in [-0.39, 0.29) is 16.7 Å². The van der Waals surface area contributed by atoms with Gasteiger partial charge < -0.3 is 5.32 Å². The SMILES string of the molecule is CCn1c(S[C@H](C)C(=O)NC2CC2)nc2sc3c(c2c1=O)CCCC3. The number of carbonyl (C=O) groups excluding carboxylic acids is 1. The second-order valence-electron chi connectivity index (χ2n) is 6.88. The van der Waals surface area contributed by atoms with Gasteiger partial charge in [-0.2, -0.15) is 0 Å². The molecule has 2 heterocycles. The van der Waals surface area contributed by atoms with E-state index in [0.29, 0.717) is 17.7 Å². The van der Waals surface area contributed by atoms with Gasteiger partial charge in [0.2, 0.25) is 5.91 Å². The van der Waals surface area contributed by atoms with Crippen molar-refractivity contribution in [3.05, 3.63) is 20.8 Å². The van der Waals surface area contributed by atoms with E-state index >= 15 is 0 Å². The molecule has 1 amide bonds. The predicted molar refractivity (Wildman–Crippen MR) is 103 cm³/mol. The second kappa shape index (κ2) is 6.76. The maximum Gasteiger partial charge on any atom is 0.263 e. The number of hydrogen-bond acceptors (Lipinski definition) is 5. The number of hydrogen-bond donors (Lipinski definition) is 1. The van der Waals surface area contributed by atoms with E-state index in [1.807, 2.05) is 13.8 Å². The molecule has 1 fully saturated rings. The molecule has 1 atom stereocenters. The van der Waals surface area contributed by atoms with Gasteiger partial charge >= 0.3 is 0 Å². The van der Waals surface area contributed by atoms with E-state index in [2.05, 4.69) is 5.32 Å². The molecular formula is C18H23N3O2S2. The highest BCUT2D eigenvalue weighted by Crippen LogP contribution is 2.35. The lowest BCUT2D eigenvalue weighted by Gasteiger charge is -2.15. The summed E-state index contributed by atoms with van der Waals surface area (Å²) in [6.45, 7) is 4.43. The van der Waals surface area contributed by atoms with Gasteiger partial charge in [0.05, 0.1) is 10.6 Å². The summed E-state index contributed by atoms with van der Waals surface area (Å²) in [5.41, 5.74) is 1.28. The smallest absolute Gasteiger partial charge is 0.263 e. The minimum Gasteiger partial charge on any atom is -0.352 e. The average Bonchev–Trinajstić information content (AvgIpc) is 3.32. The molecule has 0 aliphatic heterocycles. The summed E-state index contributed by atoms with van der Waals surface area (Å²) in [6, 6.07) is 0.350. The molecule has 0 aromatic carbocycles. The number of aromatic nitrogens is 2. The normalized spacial score (nSPS) is 18.2. The first-order valence-corrected chi connectivity index (χ1v) is 10.8. The molecule has 7 heteroatoms. The van der Waals surface area contributed by atoms with E-state index < -0.39 is 0 Å². The summed E-state index contributed by atoms with van der Waals surface area (Å²) in [5, 5.41) is 4.26. The maximum atomic E-state index is 13.1. The fourth-order valence-corrected chi connectivity index (χ4v) is 5.63. The highest BCUT2D eigenvalue weighted by atomic mass is 32.2. The van der Waals surface area contributed by atoms with Crippen LogP contribution in [0.1, 0.15) is 50.0 Å². The first-order chi connectivity index (χ1) is 12.1. The van der Waals surface area contributed by atoms with Crippen molar-refractivity contribution < 1.29 is 4.79 Å². The molecule has 134 valence electrons. The van der Waals surface area contributed by atoms with Crippen LogP contribution in [-0.2, 0) is 24.2 Å². The first kappa shape index (κ1) is 17.1. The van der Waals surface area contributed by atoms with Crippen LogP contribution >= 0.6 is 23.1 Å². The second-order valence-corrected chi connectivity index (χ2v) is 9.27. The van der Waals surface area contributed by atoms with E-state index in [4.69, 9.17) is 4.98 Å². The molecule has 0 unspecified atom stereocenters. The number of thiophene rings is 1. The fraction of sp³-hybridized carbons (Fsp3) is 0.611. The molecule has 2 aliphatic carbocycles. The zero-order valence-electron chi connectivity index (χ0n) is 14.6. The number of fused-ring (bicyclic) bond motifs is 3. The van der Waals surface area contributed by atoms with Crippen molar-refractivity contribution in [1.29, 1.82) is 0 Å². The average molecular weight is 378 g/mol. The Morgan fingerprint density at radius 1 is 1.40 bits per heavy atom. The van der Waals surface area contributed by atoms with Crippen LogP contribution in [0.25, 0.3) is 10.2 Å². The summed E-state index contributed by atoms with van der Waals surface area (Å²) in [7, 11) is 0. The summed E-state index contributed by atoms with van der Waals surface area (Å²) in [4.78, 5) is 32.3. The third kappa shape index (κ3) is 3.24. The minimum absolute atomic E-state index is 0.0370. The van der Waals surface area contributed by atoms with Gasteiger partial charge in [0, 0.05) is 17.5 Å². The molecule has 1 N–H and O–H groups in total.